The quantitative estimate of drug-likeness (QED) is 0.768. The Balaban J connectivity index is 2.19. The molecular weight excluding hydrogens is 240 g/mol. The van der Waals surface area contributed by atoms with Crippen LogP contribution in [0.2, 0.25) is 0 Å². The van der Waals surface area contributed by atoms with Gasteiger partial charge in [-0.25, -0.2) is 5.01 Å². The van der Waals surface area contributed by atoms with Crippen LogP contribution in [-0.2, 0) is 9.53 Å². The van der Waals surface area contributed by atoms with Gasteiger partial charge in [0, 0.05) is 26.1 Å². The molecule has 0 N–H and O–H groups in total. The molecule has 2 atom stereocenters. The minimum absolute atomic E-state index is 0.109. The number of nitrogens with zero attached hydrogens (tertiary/aromatic N) is 2. The molecule has 0 aromatic heterocycles. The van der Waals surface area contributed by atoms with Crippen LogP contribution in [0.25, 0.3) is 0 Å². The number of carbonyl (C=O) groups is 1. The molecule has 110 valence electrons. The second-order valence-electron chi connectivity index (χ2n) is 5.95. The molecule has 1 amide bonds. The maximum absolute atomic E-state index is 12.3. The third-order valence-electron chi connectivity index (χ3n) is 5.20. The fraction of sp³-hybridized carbons (Fsp3) is 0.933. The van der Waals surface area contributed by atoms with Gasteiger partial charge >= 0.3 is 0 Å². The van der Waals surface area contributed by atoms with E-state index in [1.54, 1.807) is 0 Å². The molecule has 0 bridgehead atoms. The van der Waals surface area contributed by atoms with E-state index in [0.29, 0.717) is 11.9 Å². The normalized spacial score (nSPS) is 29.5. The lowest BCUT2D eigenvalue weighted by Crippen LogP contribution is -2.56. The number of hydrazine groups is 1. The first-order valence-electron chi connectivity index (χ1n) is 7.72. The van der Waals surface area contributed by atoms with E-state index in [4.69, 9.17) is 4.74 Å². The maximum Gasteiger partial charge on any atom is 0.239 e. The second-order valence-corrected chi connectivity index (χ2v) is 5.95. The van der Waals surface area contributed by atoms with Crippen molar-refractivity contribution >= 4 is 5.91 Å². The molecule has 2 aliphatic rings. The standard InChI is InChI=1S/C15H28N2O2/c1-5-15(6-2,19-4)13-8-7-10-16(13)17-11-9-12(3)14(17)18/h12-13H,5-11H2,1-4H3/t12-,13-/m0/s1. The van der Waals surface area contributed by atoms with E-state index in [1.807, 2.05) is 19.0 Å². The van der Waals surface area contributed by atoms with E-state index >= 15 is 0 Å². The van der Waals surface area contributed by atoms with Crippen molar-refractivity contribution < 1.29 is 9.53 Å². The lowest BCUT2D eigenvalue weighted by molar-refractivity contribution is -0.162. The van der Waals surface area contributed by atoms with E-state index in [1.165, 1.54) is 0 Å². The van der Waals surface area contributed by atoms with Crippen molar-refractivity contribution in [3.8, 4) is 0 Å². The monoisotopic (exact) mass is 268 g/mol. The van der Waals surface area contributed by atoms with Crippen LogP contribution in [0.15, 0.2) is 0 Å². The predicted octanol–water partition coefficient (Wildman–Crippen LogP) is 2.44. The van der Waals surface area contributed by atoms with Crippen LogP contribution < -0.4 is 0 Å². The molecule has 2 saturated heterocycles. The summed E-state index contributed by atoms with van der Waals surface area (Å²) in [7, 11) is 1.82. The number of amides is 1. The van der Waals surface area contributed by atoms with Crippen LogP contribution in [0.4, 0.5) is 0 Å². The maximum atomic E-state index is 12.3. The highest BCUT2D eigenvalue weighted by Gasteiger charge is 2.46. The Morgan fingerprint density at radius 3 is 2.42 bits per heavy atom. The topological polar surface area (TPSA) is 32.8 Å². The van der Waals surface area contributed by atoms with E-state index in [0.717, 1.165) is 45.2 Å². The van der Waals surface area contributed by atoms with Crippen LogP contribution >= 0.6 is 0 Å². The largest absolute Gasteiger partial charge is 0.377 e. The predicted molar refractivity (Wildman–Crippen MR) is 75.5 cm³/mol. The summed E-state index contributed by atoms with van der Waals surface area (Å²) in [5.74, 6) is 0.477. The molecule has 2 rings (SSSR count). The average Bonchev–Trinajstić information content (AvgIpc) is 3.02. The molecule has 0 radical (unpaired) electrons. The van der Waals surface area contributed by atoms with Gasteiger partial charge < -0.3 is 4.74 Å². The molecule has 0 aromatic rings. The molecular formula is C15H28N2O2. The summed E-state index contributed by atoms with van der Waals surface area (Å²) < 4.78 is 5.89. The number of rotatable bonds is 5. The molecule has 0 aromatic carbocycles. The summed E-state index contributed by atoms with van der Waals surface area (Å²) in [5, 5.41) is 4.31. The van der Waals surface area contributed by atoms with Crippen molar-refractivity contribution in [2.75, 3.05) is 20.2 Å². The van der Waals surface area contributed by atoms with Gasteiger partial charge in [0.05, 0.1) is 11.6 Å². The van der Waals surface area contributed by atoms with Crippen molar-refractivity contribution in [2.45, 2.75) is 64.5 Å². The van der Waals surface area contributed by atoms with Crippen LogP contribution in [0.5, 0.6) is 0 Å². The van der Waals surface area contributed by atoms with Crippen molar-refractivity contribution in [3.05, 3.63) is 0 Å². The Morgan fingerprint density at radius 1 is 1.26 bits per heavy atom. The molecule has 0 saturated carbocycles. The molecule has 2 aliphatic heterocycles. The first-order chi connectivity index (χ1) is 9.09. The average molecular weight is 268 g/mol. The van der Waals surface area contributed by atoms with Gasteiger partial charge in [0.15, 0.2) is 0 Å². The van der Waals surface area contributed by atoms with Gasteiger partial charge in [-0.2, -0.15) is 0 Å². The summed E-state index contributed by atoms with van der Waals surface area (Å²) in [5.41, 5.74) is -0.109. The molecule has 0 aliphatic carbocycles. The zero-order chi connectivity index (χ0) is 14.0. The fourth-order valence-corrected chi connectivity index (χ4v) is 3.78. The first-order valence-corrected chi connectivity index (χ1v) is 7.72. The lowest BCUT2D eigenvalue weighted by Gasteiger charge is -2.44. The van der Waals surface area contributed by atoms with Gasteiger partial charge in [0.25, 0.3) is 0 Å². The van der Waals surface area contributed by atoms with Gasteiger partial charge in [0.1, 0.15) is 0 Å². The van der Waals surface area contributed by atoms with E-state index in [-0.39, 0.29) is 11.5 Å². The van der Waals surface area contributed by atoms with Crippen molar-refractivity contribution in [1.29, 1.82) is 0 Å². The Bertz CT molecular complexity index is 320. The summed E-state index contributed by atoms with van der Waals surface area (Å²) in [6, 6.07) is 0.349. The minimum atomic E-state index is -0.109. The Hall–Kier alpha value is -0.610. The zero-order valence-electron chi connectivity index (χ0n) is 12.8. The second kappa shape index (κ2) is 5.80. The van der Waals surface area contributed by atoms with Gasteiger partial charge in [-0.1, -0.05) is 20.8 Å². The van der Waals surface area contributed by atoms with Crippen LogP contribution in [0.1, 0.15) is 52.9 Å². The molecule has 0 unspecified atom stereocenters. The number of hydrogen-bond donors (Lipinski definition) is 0. The third kappa shape index (κ3) is 2.40. The van der Waals surface area contributed by atoms with Crippen molar-refractivity contribution in [3.63, 3.8) is 0 Å². The summed E-state index contributed by atoms with van der Waals surface area (Å²) >= 11 is 0. The first kappa shape index (κ1) is 14.8. The summed E-state index contributed by atoms with van der Waals surface area (Å²) in [6.07, 6.45) is 5.28. The highest BCUT2D eigenvalue weighted by molar-refractivity contribution is 5.80. The SMILES string of the molecule is CCC(CC)(OC)[C@@H]1CCCN1N1CC[C@H](C)C1=O. The lowest BCUT2D eigenvalue weighted by atomic mass is 9.87. The van der Waals surface area contributed by atoms with Crippen LogP contribution in [0.3, 0.4) is 0 Å². The van der Waals surface area contributed by atoms with Gasteiger partial charge in [-0.3, -0.25) is 9.80 Å². The smallest absolute Gasteiger partial charge is 0.239 e. The Labute approximate surface area is 117 Å². The molecule has 19 heavy (non-hydrogen) atoms. The number of methoxy groups -OCH3 is 1. The van der Waals surface area contributed by atoms with E-state index in [2.05, 4.69) is 18.9 Å². The van der Waals surface area contributed by atoms with E-state index in [9.17, 15) is 4.79 Å². The third-order valence-corrected chi connectivity index (χ3v) is 5.20. The highest BCUT2D eigenvalue weighted by Crippen LogP contribution is 2.37. The van der Waals surface area contributed by atoms with Gasteiger partial charge in [0.2, 0.25) is 5.91 Å². The van der Waals surface area contributed by atoms with Gasteiger partial charge in [-0.05, 0) is 32.1 Å². The zero-order valence-corrected chi connectivity index (χ0v) is 12.8. The molecule has 0 spiro atoms. The molecule has 2 heterocycles. The summed E-state index contributed by atoms with van der Waals surface area (Å²) in [4.78, 5) is 12.3. The molecule has 2 fully saturated rings. The number of ether oxygens (including phenoxy) is 1. The van der Waals surface area contributed by atoms with Gasteiger partial charge in [-0.15, -0.1) is 0 Å². The Morgan fingerprint density at radius 2 is 1.95 bits per heavy atom. The highest BCUT2D eigenvalue weighted by atomic mass is 16.5. The number of hydrogen-bond acceptors (Lipinski definition) is 3. The number of carbonyl (C=O) groups excluding carboxylic acids is 1. The van der Waals surface area contributed by atoms with Crippen molar-refractivity contribution in [2.24, 2.45) is 5.92 Å². The van der Waals surface area contributed by atoms with Crippen LogP contribution in [0, 0.1) is 5.92 Å². The van der Waals surface area contributed by atoms with Crippen molar-refractivity contribution in [1.82, 2.24) is 10.0 Å². The van der Waals surface area contributed by atoms with E-state index < -0.39 is 0 Å². The minimum Gasteiger partial charge on any atom is -0.377 e. The van der Waals surface area contributed by atoms with Crippen LogP contribution in [-0.4, -0.2) is 47.8 Å². The fourth-order valence-electron chi connectivity index (χ4n) is 3.78. The Kier molecular flexibility index (Phi) is 4.51. The molecule has 4 nitrogen and oxygen atoms in total. The molecule has 4 heteroatoms. The summed E-state index contributed by atoms with van der Waals surface area (Å²) in [6.45, 7) is 8.30.